The molecule has 1 amide bonds. The molecule has 1 fully saturated rings. The molecule has 1 rings (SSSR count). The summed E-state index contributed by atoms with van der Waals surface area (Å²) in [6, 6.07) is 0. The molecular formula is C12H22N2O5. The Labute approximate surface area is 112 Å². The first-order chi connectivity index (χ1) is 9.02. The summed E-state index contributed by atoms with van der Waals surface area (Å²) in [6.07, 6.45) is -0.737. The van der Waals surface area contributed by atoms with Crippen LogP contribution in [0, 0.1) is 0 Å². The maximum absolute atomic E-state index is 11.6. The van der Waals surface area contributed by atoms with Crippen LogP contribution in [0.1, 0.15) is 19.8 Å². The number of hydrogen-bond acceptors (Lipinski definition) is 6. The van der Waals surface area contributed by atoms with Gasteiger partial charge in [-0.2, -0.15) is 0 Å². The second kappa shape index (κ2) is 8.08. The zero-order chi connectivity index (χ0) is 14.3. The molecule has 0 unspecified atom stereocenters. The van der Waals surface area contributed by atoms with Crippen molar-refractivity contribution >= 4 is 11.9 Å². The van der Waals surface area contributed by atoms with Crippen LogP contribution in [0.4, 0.5) is 0 Å². The summed E-state index contributed by atoms with van der Waals surface area (Å²) >= 11 is 0. The first-order valence-corrected chi connectivity index (χ1v) is 6.53. The van der Waals surface area contributed by atoms with Crippen molar-refractivity contribution in [2.24, 2.45) is 0 Å². The molecule has 1 heterocycles. The Hall–Kier alpha value is -1.18. The number of esters is 1. The van der Waals surface area contributed by atoms with Gasteiger partial charge in [-0.15, -0.1) is 0 Å². The quantitative estimate of drug-likeness (QED) is 0.385. The third-order valence-corrected chi connectivity index (χ3v) is 2.89. The van der Waals surface area contributed by atoms with Crippen molar-refractivity contribution in [3.05, 3.63) is 0 Å². The highest BCUT2D eigenvalue weighted by Gasteiger charge is 2.30. The Balaban J connectivity index is 2.07. The van der Waals surface area contributed by atoms with Crippen LogP contribution in [0.25, 0.3) is 0 Å². The zero-order valence-corrected chi connectivity index (χ0v) is 11.2. The summed E-state index contributed by atoms with van der Waals surface area (Å²) in [7, 11) is 0. The second-order valence-electron chi connectivity index (χ2n) is 4.59. The average Bonchev–Trinajstić information content (AvgIpc) is 2.64. The van der Waals surface area contributed by atoms with Crippen LogP contribution in [0.3, 0.4) is 0 Å². The lowest BCUT2D eigenvalue weighted by atomic mass is 10.3. The lowest BCUT2D eigenvalue weighted by Gasteiger charge is -2.14. The molecule has 1 aliphatic heterocycles. The summed E-state index contributed by atoms with van der Waals surface area (Å²) in [5, 5.41) is 21.3. The van der Waals surface area contributed by atoms with Gasteiger partial charge in [0.25, 0.3) is 0 Å². The van der Waals surface area contributed by atoms with Crippen molar-refractivity contribution in [3.63, 3.8) is 0 Å². The second-order valence-corrected chi connectivity index (χ2v) is 4.59. The van der Waals surface area contributed by atoms with Crippen LogP contribution in [0.2, 0.25) is 0 Å². The van der Waals surface area contributed by atoms with E-state index in [0.29, 0.717) is 32.7 Å². The van der Waals surface area contributed by atoms with Gasteiger partial charge in [-0.3, -0.25) is 14.5 Å². The zero-order valence-electron chi connectivity index (χ0n) is 11.2. The smallest absolute Gasteiger partial charge is 0.305 e. The summed E-state index contributed by atoms with van der Waals surface area (Å²) in [5.74, 6) is -0.437. The van der Waals surface area contributed by atoms with E-state index in [2.05, 4.69) is 5.32 Å². The normalized spacial score (nSPS) is 23.3. The van der Waals surface area contributed by atoms with Crippen molar-refractivity contribution in [3.8, 4) is 0 Å². The topological polar surface area (TPSA) is 99.1 Å². The van der Waals surface area contributed by atoms with E-state index in [1.807, 2.05) is 0 Å². The lowest BCUT2D eigenvalue weighted by Crippen LogP contribution is -2.37. The number of hydrogen-bond donors (Lipinski definition) is 3. The monoisotopic (exact) mass is 274 g/mol. The Kier molecular flexibility index (Phi) is 6.75. The molecule has 3 N–H and O–H groups in total. The van der Waals surface area contributed by atoms with Crippen molar-refractivity contribution in [2.75, 3.05) is 32.8 Å². The predicted octanol–water partition coefficient (Wildman–Crippen LogP) is -1.52. The Morgan fingerprint density at radius 2 is 1.95 bits per heavy atom. The van der Waals surface area contributed by atoms with E-state index in [0.717, 1.165) is 0 Å². The fourth-order valence-corrected chi connectivity index (χ4v) is 1.93. The van der Waals surface area contributed by atoms with Crippen molar-refractivity contribution in [1.29, 1.82) is 0 Å². The van der Waals surface area contributed by atoms with E-state index in [-0.39, 0.29) is 24.8 Å². The lowest BCUT2D eigenvalue weighted by molar-refractivity contribution is -0.143. The summed E-state index contributed by atoms with van der Waals surface area (Å²) in [6.45, 7) is 3.28. The third kappa shape index (κ3) is 6.00. The van der Waals surface area contributed by atoms with E-state index in [1.165, 1.54) is 0 Å². The van der Waals surface area contributed by atoms with Gasteiger partial charge in [0.05, 0.1) is 25.4 Å². The number of ether oxygens (including phenoxy) is 1. The highest BCUT2D eigenvalue weighted by Crippen LogP contribution is 2.08. The predicted molar refractivity (Wildman–Crippen MR) is 67.3 cm³/mol. The van der Waals surface area contributed by atoms with Gasteiger partial charge in [-0.05, 0) is 13.3 Å². The molecule has 0 aromatic rings. The summed E-state index contributed by atoms with van der Waals surface area (Å²) in [5.41, 5.74) is 0. The van der Waals surface area contributed by atoms with E-state index in [4.69, 9.17) is 4.74 Å². The maximum Gasteiger partial charge on any atom is 0.305 e. The Morgan fingerprint density at radius 3 is 2.53 bits per heavy atom. The highest BCUT2D eigenvalue weighted by molar-refractivity contribution is 5.78. The molecule has 0 bridgehead atoms. The Bertz CT molecular complexity index is 300. The van der Waals surface area contributed by atoms with Gasteiger partial charge in [-0.25, -0.2) is 0 Å². The molecule has 0 saturated carbocycles. The number of aliphatic hydroxyl groups is 2. The van der Waals surface area contributed by atoms with Crippen LogP contribution in [0.15, 0.2) is 0 Å². The van der Waals surface area contributed by atoms with Gasteiger partial charge < -0.3 is 20.3 Å². The van der Waals surface area contributed by atoms with Gasteiger partial charge in [0.2, 0.25) is 5.91 Å². The van der Waals surface area contributed by atoms with Gasteiger partial charge in [-0.1, -0.05) is 0 Å². The van der Waals surface area contributed by atoms with Crippen molar-refractivity contribution in [1.82, 2.24) is 10.2 Å². The molecule has 110 valence electrons. The van der Waals surface area contributed by atoms with Crippen LogP contribution in [-0.4, -0.2) is 72.0 Å². The maximum atomic E-state index is 11.6. The Morgan fingerprint density at radius 1 is 1.32 bits per heavy atom. The van der Waals surface area contributed by atoms with Crippen LogP contribution >= 0.6 is 0 Å². The average molecular weight is 274 g/mol. The van der Waals surface area contributed by atoms with E-state index < -0.39 is 12.2 Å². The van der Waals surface area contributed by atoms with Gasteiger partial charge >= 0.3 is 5.97 Å². The van der Waals surface area contributed by atoms with Crippen molar-refractivity contribution in [2.45, 2.75) is 32.0 Å². The number of rotatable bonds is 7. The highest BCUT2D eigenvalue weighted by atomic mass is 16.5. The summed E-state index contributed by atoms with van der Waals surface area (Å²) < 4.78 is 4.76. The van der Waals surface area contributed by atoms with E-state index in [9.17, 15) is 19.8 Å². The molecule has 0 aromatic heterocycles. The van der Waals surface area contributed by atoms with Crippen LogP contribution in [-0.2, 0) is 14.3 Å². The molecule has 2 atom stereocenters. The number of amides is 1. The SMILES string of the molecule is CCOC(=O)CCCNC(=O)CN1C[C@@H](O)[C@@H](O)C1. The molecule has 1 saturated heterocycles. The minimum absolute atomic E-state index is 0.146. The molecule has 0 radical (unpaired) electrons. The first kappa shape index (κ1) is 15.9. The number of nitrogens with zero attached hydrogens (tertiary/aromatic N) is 1. The van der Waals surface area contributed by atoms with E-state index in [1.54, 1.807) is 11.8 Å². The van der Waals surface area contributed by atoms with Gasteiger partial charge in [0.1, 0.15) is 0 Å². The minimum Gasteiger partial charge on any atom is -0.466 e. The van der Waals surface area contributed by atoms with Gasteiger partial charge in [0, 0.05) is 26.1 Å². The molecule has 7 nitrogen and oxygen atoms in total. The van der Waals surface area contributed by atoms with E-state index >= 15 is 0 Å². The third-order valence-electron chi connectivity index (χ3n) is 2.89. The van der Waals surface area contributed by atoms with Gasteiger partial charge in [0.15, 0.2) is 0 Å². The molecular weight excluding hydrogens is 252 g/mol. The number of carbonyl (C=O) groups is 2. The number of aliphatic hydroxyl groups excluding tert-OH is 2. The molecule has 0 spiro atoms. The fourth-order valence-electron chi connectivity index (χ4n) is 1.93. The fraction of sp³-hybridized carbons (Fsp3) is 0.833. The standard InChI is InChI=1S/C12H22N2O5/c1-2-19-12(18)4-3-5-13-11(17)8-14-6-9(15)10(16)7-14/h9-10,15-16H,2-8H2,1H3,(H,13,17)/t9-,10+. The molecule has 0 aliphatic carbocycles. The number of nitrogens with one attached hydrogen (secondary N) is 1. The summed E-state index contributed by atoms with van der Waals surface area (Å²) in [4.78, 5) is 24.3. The van der Waals surface area contributed by atoms with Crippen molar-refractivity contribution < 1.29 is 24.5 Å². The molecule has 7 heteroatoms. The van der Waals surface area contributed by atoms with Crippen LogP contribution in [0.5, 0.6) is 0 Å². The number of likely N-dealkylation sites (tertiary alicyclic amines) is 1. The minimum atomic E-state index is -0.781. The number of β-amino-alcohol motifs (C(OH)–C–C–N with tert-alkyl or cyclic N) is 2. The number of carbonyl (C=O) groups excluding carboxylic acids is 2. The molecule has 1 aliphatic rings. The van der Waals surface area contributed by atoms with Crippen LogP contribution < -0.4 is 5.32 Å². The first-order valence-electron chi connectivity index (χ1n) is 6.53. The molecule has 0 aromatic carbocycles. The largest absolute Gasteiger partial charge is 0.466 e. The molecule has 19 heavy (non-hydrogen) atoms.